The van der Waals surface area contributed by atoms with Gasteiger partial charge in [0.1, 0.15) is 0 Å². The summed E-state index contributed by atoms with van der Waals surface area (Å²) in [5, 5.41) is 8.96. The number of carbonyl (C=O) groups is 1. The Labute approximate surface area is 114 Å². The van der Waals surface area contributed by atoms with Gasteiger partial charge < -0.3 is 10.0 Å². The molecule has 0 radical (unpaired) electrons. The molecule has 1 saturated heterocycles. The molecule has 1 aromatic carbocycles. The normalized spacial score (nSPS) is 21.5. The lowest BCUT2D eigenvalue weighted by Gasteiger charge is -2.38. The number of carboxylic acid groups (broad SMARTS) is 1. The SMILES string of the molecule is CC1CN(C)CCN1Cc1ccccc1CC(=O)O. The van der Waals surface area contributed by atoms with Crippen LogP contribution in [0.3, 0.4) is 0 Å². The second-order valence-corrected chi connectivity index (χ2v) is 5.42. The minimum absolute atomic E-state index is 0.109. The first-order chi connectivity index (χ1) is 9.06. The van der Waals surface area contributed by atoms with E-state index in [0.717, 1.165) is 37.3 Å². The van der Waals surface area contributed by atoms with Gasteiger partial charge in [-0.2, -0.15) is 0 Å². The van der Waals surface area contributed by atoms with E-state index in [-0.39, 0.29) is 6.42 Å². The number of nitrogens with zero attached hydrogens (tertiary/aromatic N) is 2. The number of hydrogen-bond acceptors (Lipinski definition) is 3. The third-order valence-electron chi connectivity index (χ3n) is 3.80. The highest BCUT2D eigenvalue weighted by molar-refractivity contribution is 5.70. The lowest BCUT2D eigenvalue weighted by Crippen LogP contribution is -2.49. The molecule has 4 nitrogen and oxygen atoms in total. The molecule has 2 rings (SSSR count). The van der Waals surface area contributed by atoms with Crippen molar-refractivity contribution in [1.82, 2.24) is 9.80 Å². The van der Waals surface area contributed by atoms with Crippen LogP contribution in [0.15, 0.2) is 24.3 Å². The van der Waals surface area contributed by atoms with Gasteiger partial charge in [0.15, 0.2) is 0 Å². The molecule has 0 spiro atoms. The number of carboxylic acids is 1. The van der Waals surface area contributed by atoms with E-state index < -0.39 is 5.97 Å². The van der Waals surface area contributed by atoms with Gasteiger partial charge in [-0.3, -0.25) is 9.69 Å². The minimum atomic E-state index is -0.765. The molecule has 0 saturated carbocycles. The molecule has 19 heavy (non-hydrogen) atoms. The third kappa shape index (κ3) is 3.78. The summed E-state index contributed by atoms with van der Waals surface area (Å²) in [7, 11) is 2.15. The zero-order valence-corrected chi connectivity index (χ0v) is 11.7. The molecule has 1 heterocycles. The molecule has 1 atom stereocenters. The van der Waals surface area contributed by atoms with Gasteiger partial charge >= 0.3 is 5.97 Å². The van der Waals surface area contributed by atoms with Gasteiger partial charge in [-0.05, 0) is 25.1 Å². The zero-order valence-electron chi connectivity index (χ0n) is 11.7. The average Bonchev–Trinajstić information content (AvgIpc) is 2.34. The largest absolute Gasteiger partial charge is 0.481 e. The van der Waals surface area contributed by atoms with Crippen molar-refractivity contribution >= 4 is 5.97 Å². The summed E-state index contributed by atoms with van der Waals surface area (Å²) in [5.41, 5.74) is 2.07. The van der Waals surface area contributed by atoms with Crippen molar-refractivity contribution in [2.75, 3.05) is 26.7 Å². The predicted molar refractivity (Wildman–Crippen MR) is 75.2 cm³/mol. The summed E-state index contributed by atoms with van der Waals surface area (Å²) in [6.07, 6.45) is 0.109. The van der Waals surface area contributed by atoms with Gasteiger partial charge in [0.05, 0.1) is 6.42 Å². The molecule has 0 amide bonds. The molecule has 1 aromatic rings. The molecular formula is C15H22N2O2. The Morgan fingerprint density at radius 3 is 2.63 bits per heavy atom. The van der Waals surface area contributed by atoms with Crippen molar-refractivity contribution in [3.05, 3.63) is 35.4 Å². The van der Waals surface area contributed by atoms with E-state index in [0.29, 0.717) is 6.04 Å². The van der Waals surface area contributed by atoms with E-state index in [9.17, 15) is 4.79 Å². The van der Waals surface area contributed by atoms with Crippen LogP contribution in [-0.2, 0) is 17.8 Å². The number of piperazine rings is 1. The van der Waals surface area contributed by atoms with Crippen molar-refractivity contribution in [3.63, 3.8) is 0 Å². The van der Waals surface area contributed by atoms with E-state index in [1.165, 1.54) is 0 Å². The zero-order chi connectivity index (χ0) is 13.8. The standard InChI is InChI=1S/C15H22N2O2/c1-12-10-16(2)7-8-17(12)11-14-6-4-3-5-13(14)9-15(18)19/h3-6,12H,7-11H2,1-2H3,(H,18,19). The monoisotopic (exact) mass is 262 g/mol. The highest BCUT2D eigenvalue weighted by Gasteiger charge is 2.22. The van der Waals surface area contributed by atoms with Gasteiger partial charge in [-0.15, -0.1) is 0 Å². The van der Waals surface area contributed by atoms with E-state index in [4.69, 9.17) is 5.11 Å². The number of likely N-dealkylation sites (N-methyl/N-ethyl adjacent to an activating group) is 1. The maximum atomic E-state index is 10.9. The smallest absolute Gasteiger partial charge is 0.307 e. The lowest BCUT2D eigenvalue weighted by molar-refractivity contribution is -0.136. The van der Waals surface area contributed by atoms with Crippen LogP contribution < -0.4 is 0 Å². The van der Waals surface area contributed by atoms with E-state index >= 15 is 0 Å². The summed E-state index contributed by atoms with van der Waals surface area (Å²) >= 11 is 0. The second-order valence-electron chi connectivity index (χ2n) is 5.42. The highest BCUT2D eigenvalue weighted by Crippen LogP contribution is 2.16. The molecule has 0 bridgehead atoms. The van der Waals surface area contributed by atoms with E-state index in [1.807, 2.05) is 24.3 Å². The first-order valence-electron chi connectivity index (χ1n) is 6.77. The van der Waals surface area contributed by atoms with Crippen LogP contribution in [0, 0.1) is 0 Å². The average molecular weight is 262 g/mol. The highest BCUT2D eigenvalue weighted by atomic mass is 16.4. The molecule has 1 N–H and O–H groups in total. The van der Waals surface area contributed by atoms with Gasteiger partial charge in [0.2, 0.25) is 0 Å². The summed E-state index contributed by atoms with van der Waals surface area (Å²) in [4.78, 5) is 15.7. The van der Waals surface area contributed by atoms with Crippen LogP contribution in [0.25, 0.3) is 0 Å². The quantitative estimate of drug-likeness (QED) is 0.892. The fourth-order valence-corrected chi connectivity index (χ4v) is 2.68. The molecule has 104 valence electrons. The van der Waals surface area contributed by atoms with Crippen LogP contribution in [0.1, 0.15) is 18.1 Å². The number of benzene rings is 1. The van der Waals surface area contributed by atoms with Gasteiger partial charge in [-0.1, -0.05) is 24.3 Å². The Balaban J connectivity index is 2.08. The van der Waals surface area contributed by atoms with Gasteiger partial charge in [0.25, 0.3) is 0 Å². The minimum Gasteiger partial charge on any atom is -0.481 e. The van der Waals surface area contributed by atoms with Crippen LogP contribution in [-0.4, -0.2) is 53.6 Å². The Kier molecular flexibility index (Phi) is 4.56. The van der Waals surface area contributed by atoms with Gasteiger partial charge in [-0.25, -0.2) is 0 Å². The molecule has 1 aliphatic rings. The second kappa shape index (κ2) is 6.17. The number of aliphatic carboxylic acids is 1. The fourth-order valence-electron chi connectivity index (χ4n) is 2.68. The Bertz CT molecular complexity index is 448. The lowest BCUT2D eigenvalue weighted by atomic mass is 10.0. The van der Waals surface area contributed by atoms with Crippen molar-refractivity contribution in [1.29, 1.82) is 0 Å². The summed E-state index contributed by atoms with van der Waals surface area (Å²) in [6, 6.07) is 8.38. The fraction of sp³-hybridized carbons (Fsp3) is 0.533. The Hall–Kier alpha value is -1.39. The first-order valence-corrected chi connectivity index (χ1v) is 6.77. The van der Waals surface area contributed by atoms with Crippen LogP contribution >= 0.6 is 0 Å². The molecule has 1 fully saturated rings. The van der Waals surface area contributed by atoms with Crippen LogP contribution in [0.5, 0.6) is 0 Å². The predicted octanol–water partition coefficient (Wildman–Crippen LogP) is 1.45. The van der Waals surface area contributed by atoms with Gasteiger partial charge in [0, 0.05) is 32.2 Å². The molecule has 0 aromatic heterocycles. The van der Waals surface area contributed by atoms with Crippen molar-refractivity contribution in [2.45, 2.75) is 25.9 Å². The third-order valence-corrected chi connectivity index (χ3v) is 3.80. The molecule has 0 aliphatic carbocycles. The first kappa shape index (κ1) is 14.0. The molecule has 1 aliphatic heterocycles. The maximum Gasteiger partial charge on any atom is 0.307 e. The molecule has 1 unspecified atom stereocenters. The Morgan fingerprint density at radius 1 is 1.32 bits per heavy atom. The van der Waals surface area contributed by atoms with E-state index in [2.05, 4.69) is 23.8 Å². The van der Waals surface area contributed by atoms with Crippen molar-refractivity contribution in [3.8, 4) is 0 Å². The maximum absolute atomic E-state index is 10.9. The van der Waals surface area contributed by atoms with Crippen LogP contribution in [0.4, 0.5) is 0 Å². The number of rotatable bonds is 4. The Morgan fingerprint density at radius 2 is 2.00 bits per heavy atom. The molecular weight excluding hydrogens is 240 g/mol. The summed E-state index contributed by atoms with van der Waals surface area (Å²) in [5.74, 6) is -0.765. The summed E-state index contributed by atoms with van der Waals surface area (Å²) in [6.45, 7) is 6.26. The van der Waals surface area contributed by atoms with Crippen LogP contribution in [0.2, 0.25) is 0 Å². The van der Waals surface area contributed by atoms with Crippen molar-refractivity contribution < 1.29 is 9.90 Å². The van der Waals surface area contributed by atoms with Crippen molar-refractivity contribution in [2.24, 2.45) is 0 Å². The summed E-state index contributed by atoms with van der Waals surface area (Å²) < 4.78 is 0. The molecule has 4 heteroatoms. The topological polar surface area (TPSA) is 43.8 Å². The van der Waals surface area contributed by atoms with E-state index in [1.54, 1.807) is 0 Å². The number of hydrogen-bond donors (Lipinski definition) is 1.